The number of rotatable bonds is 7. The number of carbonyl (C=O) groups excluding carboxylic acids is 1. The van der Waals surface area contributed by atoms with Crippen LogP contribution < -0.4 is 10.6 Å². The average molecular weight is 345 g/mol. The first-order chi connectivity index (χ1) is 12.0. The molecule has 0 radical (unpaired) electrons. The first-order valence-corrected chi connectivity index (χ1v) is 9.26. The number of aliphatic imine (C=N–C) groups is 1. The van der Waals surface area contributed by atoms with Gasteiger partial charge in [0.15, 0.2) is 5.96 Å². The Kier molecular flexibility index (Phi) is 6.85. The highest BCUT2D eigenvalue weighted by Crippen LogP contribution is 2.43. The first kappa shape index (κ1) is 19.3. The molecule has 1 saturated carbocycles. The van der Waals surface area contributed by atoms with Gasteiger partial charge in [-0.25, -0.2) is 4.99 Å². The van der Waals surface area contributed by atoms with Gasteiger partial charge in [0.1, 0.15) is 6.54 Å². The summed E-state index contributed by atoms with van der Waals surface area (Å²) in [6, 6.07) is 10.4. The van der Waals surface area contributed by atoms with Crippen LogP contribution in [-0.2, 0) is 4.79 Å². The fourth-order valence-corrected chi connectivity index (χ4v) is 3.07. The van der Waals surface area contributed by atoms with E-state index in [0.29, 0.717) is 11.4 Å². The molecule has 1 fully saturated rings. The van der Waals surface area contributed by atoms with Gasteiger partial charge < -0.3 is 15.5 Å². The zero-order chi connectivity index (χ0) is 18.3. The molecule has 0 aromatic heterocycles. The molecule has 1 aromatic carbocycles. The molecular formula is C20H32N4O. The predicted molar refractivity (Wildman–Crippen MR) is 104 cm³/mol. The van der Waals surface area contributed by atoms with Gasteiger partial charge >= 0.3 is 0 Å². The zero-order valence-corrected chi connectivity index (χ0v) is 16.0. The van der Waals surface area contributed by atoms with Gasteiger partial charge in [-0.2, -0.15) is 0 Å². The van der Waals surface area contributed by atoms with Crippen molar-refractivity contribution in [1.82, 2.24) is 15.5 Å². The molecule has 1 amide bonds. The van der Waals surface area contributed by atoms with Gasteiger partial charge in [0.2, 0.25) is 5.91 Å². The van der Waals surface area contributed by atoms with Crippen molar-refractivity contribution < 1.29 is 4.79 Å². The maximum atomic E-state index is 11.9. The topological polar surface area (TPSA) is 56.7 Å². The third-order valence-corrected chi connectivity index (χ3v) is 5.32. The van der Waals surface area contributed by atoms with E-state index in [2.05, 4.69) is 41.6 Å². The molecule has 1 aliphatic carbocycles. The van der Waals surface area contributed by atoms with Crippen molar-refractivity contribution in [3.05, 3.63) is 35.9 Å². The fraction of sp³-hybridized carbons (Fsp3) is 0.600. The summed E-state index contributed by atoms with van der Waals surface area (Å²) >= 11 is 0. The molecule has 25 heavy (non-hydrogen) atoms. The minimum Gasteiger partial charge on any atom is -0.356 e. The van der Waals surface area contributed by atoms with Crippen LogP contribution in [0.5, 0.6) is 0 Å². The highest BCUT2D eigenvalue weighted by atomic mass is 16.2. The Hall–Kier alpha value is -2.04. The van der Waals surface area contributed by atoms with Gasteiger partial charge in [0, 0.05) is 20.6 Å². The van der Waals surface area contributed by atoms with Crippen molar-refractivity contribution in [3.8, 4) is 0 Å². The number of hydrogen-bond donors (Lipinski definition) is 2. The number of amides is 1. The Bertz CT molecular complexity index is 573. The lowest BCUT2D eigenvalue weighted by Crippen LogP contribution is -2.47. The van der Waals surface area contributed by atoms with Gasteiger partial charge in [0.05, 0.1) is 6.04 Å². The summed E-state index contributed by atoms with van der Waals surface area (Å²) in [6.45, 7) is 5.43. The van der Waals surface area contributed by atoms with Crippen molar-refractivity contribution in [3.63, 3.8) is 0 Å². The molecule has 0 bridgehead atoms. The van der Waals surface area contributed by atoms with E-state index in [1.165, 1.54) is 31.2 Å². The van der Waals surface area contributed by atoms with Gasteiger partial charge in [-0.15, -0.1) is 0 Å². The summed E-state index contributed by atoms with van der Waals surface area (Å²) in [7, 11) is 3.51. The minimum atomic E-state index is 0.00214. The lowest BCUT2D eigenvalue weighted by molar-refractivity contribution is -0.127. The second-order valence-corrected chi connectivity index (χ2v) is 7.29. The minimum absolute atomic E-state index is 0.00214. The largest absolute Gasteiger partial charge is 0.356 e. The number of likely N-dealkylation sites (N-methyl/N-ethyl adjacent to an activating group) is 1. The SMILES string of the molecule is CCC1(CNC(=NCC(=O)N(C)C)NC(C)c2ccccc2)CCC1. The van der Waals surface area contributed by atoms with Gasteiger partial charge in [-0.3, -0.25) is 4.79 Å². The quantitative estimate of drug-likeness (QED) is 0.591. The van der Waals surface area contributed by atoms with Crippen molar-refractivity contribution in [2.24, 2.45) is 10.4 Å². The van der Waals surface area contributed by atoms with Crippen LogP contribution in [-0.4, -0.2) is 44.0 Å². The Labute approximate surface area is 151 Å². The lowest BCUT2D eigenvalue weighted by Gasteiger charge is -2.41. The number of benzene rings is 1. The summed E-state index contributed by atoms with van der Waals surface area (Å²) in [6.07, 6.45) is 5.04. The molecule has 0 spiro atoms. The van der Waals surface area contributed by atoms with E-state index in [-0.39, 0.29) is 18.5 Å². The van der Waals surface area contributed by atoms with Crippen LogP contribution in [0.4, 0.5) is 0 Å². The van der Waals surface area contributed by atoms with E-state index in [0.717, 1.165) is 6.54 Å². The molecular weight excluding hydrogens is 312 g/mol. The van der Waals surface area contributed by atoms with E-state index < -0.39 is 0 Å². The number of carbonyl (C=O) groups is 1. The van der Waals surface area contributed by atoms with Crippen LogP contribution in [0.1, 0.15) is 51.1 Å². The smallest absolute Gasteiger partial charge is 0.243 e. The second kappa shape index (κ2) is 8.88. The molecule has 5 heteroatoms. The molecule has 2 rings (SSSR count). The number of nitrogens with one attached hydrogen (secondary N) is 2. The van der Waals surface area contributed by atoms with Gasteiger partial charge in [-0.05, 0) is 37.2 Å². The molecule has 138 valence electrons. The summed E-state index contributed by atoms with van der Waals surface area (Å²) in [5.74, 6) is 0.716. The summed E-state index contributed by atoms with van der Waals surface area (Å²) < 4.78 is 0. The molecule has 2 N–H and O–H groups in total. The van der Waals surface area contributed by atoms with Crippen LogP contribution in [0.15, 0.2) is 35.3 Å². The van der Waals surface area contributed by atoms with E-state index in [1.54, 1.807) is 19.0 Å². The predicted octanol–water partition coefficient (Wildman–Crippen LogP) is 2.95. The van der Waals surface area contributed by atoms with Crippen LogP contribution in [0.3, 0.4) is 0 Å². The van der Waals surface area contributed by atoms with Crippen molar-refractivity contribution in [1.29, 1.82) is 0 Å². The Morgan fingerprint density at radius 1 is 1.28 bits per heavy atom. The maximum absolute atomic E-state index is 11.9. The Balaban J connectivity index is 2.02. The lowest BCUT2D eigenvalue weighted by atomic mass is 9.67. The van der Waals surface area contributed by atoms with Gasteiger partial charge in [0.25, 0.3) is 0 Å². The van der Waals surface area contributed by atoms with E-state index in [9.17, 15) is 4.79 Å². The van der Waals surface area contributed by atoms with E-state index >= 15 is 0 Å². The summed E-state index contributed by atoms with van der Waals surface area (Å²) in [4.78, 5) is 18.0. The van der Waals surface area contributed by atoms with E-state index in [4.69, 9.17) is 0 Å². The van der Waals surface area contributed by atoms with Crippen LogP contribution in [0.25, 0.3) is 0 Å². The van der Waals surface area contributed by atoms with E-state index in [1.807, 2.05) is 18.2 Å². The monoisotopic (exact) mass is 344 g/mol. The first-order valence-electron chi connectivity index (χ1n) is 9.26. The second-order valence-electron chi connectivity index (χ2n) is 7.29. The third-order valence-electron chi connectivity index (χ3n) is 5.32. The molecule has 1 aliphatic rings. The Morgan fingerprint density at radius 3 is 2.48 bits per heavy atom. The maximum Gasteiger partial charge on any atom is 0.243 e. The average Bonchev–Trinajstić information content (AvgIpc) is 2.59. The highest BCUT2D eigenvalue weighted by molar-refractivity contribution is 5.85. The van der Waals surface area contributed by atoms with Crippen LogP contribution in [0.2, 0.25) is 0 Å². The third kappa shape index (κ3) is 5.48. The highest BCUT2D eigenvalue weighted by Gasteiger charge is 2.35. The molecule has 5 nitrogen and oxygen atoms in total. The van der Waals surface area contributed by atoms with Gasteiger partial charge in [-0.1, -0.05) is 43.7 Å². The van der Waals surface area contributed by atoms with Crippen molar-refractivity contribution in [2.45, 2.75) is 45.6 Å². The molecule has 1 aromatic rings. The van der Waals surface area contributed by atoms with Crippen molar-refractivity contribution >= 4 is 11.9 Å². The van der Waals surface area contributed by atoms with Crippen LogP contribution in [0, 0.1) is 5.41 Å². The molecule has 0 saturated heterocycles. The van der Waals surface area contributed by atoms with Crippen molar-refractivity contribution in [2.75, 3.05) is 27.2 Å². The molecule has 1 atom stereocenters. The Morgan fingerprint density at radius 2 is 1.96 bits per heavy atom. The molecule has 1 unspecified atom stereocenters. The number of nitrogens with zero attached hydrogens (tertiary/aromatic N) is 2. The summed E-state index contributed by atoms with van der Waals surface area (Å²) in [5.41, 5.74) is 1.59. The number of hydrogen-bond acceptors (Lipinski definition) is 2. The normalized spacial score (nSPS) is 17.4. The molecule has 0 heterocycles. The number of guanidine groups is 1. The zero-order valence-electron chi connectivity index (χ0n) is 16.0. The fourth-order valence-electron chi connectivity index (χ4n) is 3.07. The summed E-state index contributed by atoms with van der Waals surface area (Å²) in [5, 5.41) is 6.92. The molecule has 0 aliphatic heterocycles. The van der Waals surface area contributed by atoms with Crippen LogP contribution >= 0.6 is 0 Å². The standard InChI is InChI=1S/C20H32N4O/c1-5-20(12-9-13-20)15-22-19(21-14-18(25)24(3)4)23-16(2)17-10-7-6-8-11-17/h6-8,10-11,16H,5,9,12-15H2,1-4H3,(H2,21,22,23).